The Kier molecular flexibility index (Phi) is 7.53. The van der Waals surface area contributed by atoms with Crippen LogP contribution < -0.4 is 5.32 Å². The molecule has 4 aromatic rings. The molecule has 1 aromatic heterocycles. The monoisotopic (exact) mass is 436 g/mol. The van der Waals surface area contributed by atoms with E-state index in [4.69, 9.17) is 0 Å². The summed E-state index contributed by atoms with van der Waals surface area (Å²) >= 11 is 0. The van der Waals surface area contributed by atoms with Crippen molar-refractivity contribution in [2.75, 3.05) is 5.32 Å². The van der Waals surface area contributed by atoms with Gasteiger partial charge in [-0.25, -0.2) is 9.18 Å². The van der Waals surface area contributed by atoms with E-state index in [1.165, 1.54) is 30.5 Å². The molecule has 32 heavy (non-hydrogen) atoms. The van der Waals surface area contributed by atoms with Crippen LogP contribution in [0.5, 0.6) is 0 Å². The number of carboxylic acid groups (broad SMARTS) is 1. The molecule has 0 aliphatic carbocycles. The second-order valence-corrected chi connectivity index (χ2v) is 6.83. The van der Waals surface area contributed by atoms with Gasteiger partial charge in [-0.2, -0.15) is 0 Å². The number of rotatable bonds is 5. The zero-order valence-electron chi connectivity index (χ0n) is 16.2. The molecule has 0 aliphatic rings. The number of nitrogens with one attached hydrogen (secondary N) is 1. The van der Waals surface area contributed by atoms with Gasteiger partial charge in [0.05, 0.1) is 16.8 Å². The number of benzene rings is 3. The van der Waals surface area contributed by atoms with Crippen LogP contribution in [0.1, 0.15) is 20.7 Å². The van der Waals surface area contributed by atoms with E-state index in [-0.39, 0.29) is 46.4 Å². The van der Waals surface area contributed by atoms with Gasteiger partial charge in [-0.15, -0.1) is 0 Å². The van der Waals surface area contributed by atoms with Crippen LogP contribution in [0.4, 0.5) is 10.1 Å². The van der Waals surface area contributed by atoms with Crippen LogP contribution in [-0.2, 0) is 0 Å². The van der Waals surface area contributed by atoms with Gasteiger partial charge in [0.1, 0.15) is 5.82 Å². The van der Waals surface area contributed by atoms with Crippen molar-refractivity contribution in [2.45, 2.75) is 0 Å². The van der Waals surface area contributed by atoms with E-state index in [0.717, 1.165) is 11.1 Å². The van der Waals surface area contributed by atoms with E-state index in [1.807, 2.05) is 30.3 Å². The second-order valence-electron chi connectivity index (χ2n) is 6.83. The first-order valence-electron chi connectivity index (χ1n) is 9.47. The van der Waals surface area contributed by atoms with Gasteiger partial charge in [-0.05, 0) is 35.4 Å². The van der Waals surface area contributed by atoms with E-state index in [0.29, 0.717) is 11.1 Å². The minimum absolute atomic E-state index is 0. The predicted octanol–water partition coefficient (Wildman–Crippen LogP) is 4.86. The van der Waals surface area contributed by atoms with Crippen molar-refractivity contribution < 1.29 is 19.1 Å². The van der Waals surface area contributed by atoms with Crippen molar-refractivity contribution in [2.24, 2.45) is 0 Å². The van der Waals surface area contributed by atoms with Crippen LogP contribution in [0.15, 0.2) is 91.3 Å². The molecule has 7 heteroatoms. The van der Waals surface area contributed by atoms with Gasteiger partial charge in [-0.1, -0.05) is 54.6 Å². The average Bonchev–Trinajstić information content (AvgIpc) is 2.80. The molecule has 0 atom stereocenters. The molecule has 0 saturated heterocycles. The van der Waals surface area contributed by atoms with Gasteiger partial charge in [0.25, 0.3) is 5.91 Å². The summed E-state index contributed by atoms with van der Waals surface area (Å²) in [5.74, 6) is -2.16. The Labute approximate surface area is 206 Å². The molecule has 0 bridgehead atoms. The minimum atomic E-state index is -1.20. The van der Waals surface area contributed by atoms with Crippen LogP contribution in [0.2, 0.25) is 0 Å². The summed E-state index contributed by atoms with van der Waals surface area (Å²) in [5.41, 5.74) is 2.67. The zero-order valence-corrected chi connectivity index (χ0v) is 16.2. The first-order chi connectivity index (χ1) is 15.0. The maximum atomic E-state index is 14.2. The molecule has 1 amide bonds. The molecule has 4 rings (SSSR count). The number of carbonyl (C=O) groups excluding carboxylic acids is 1. The molecule has 0 fully saturated rings. The van der Waals surface area contributed by atoms with Gasteiger partial charge in [0, 0.05) is 23.5 Å². The molecular formula is C25H18FN2NaO3. The Morgan fingerprint density at radius 2 is 1.53 bits per heavy atom. The molecule has 0 radical (unpaired) electrons. The first kappa shape index (κ1) is 23.3. The third-order valence-corrected chi connectivity index (χ3v) is 4.79. The van der Waals surface area contributed by atoms with Crippen molar-refractivity contribution in [1.82, 2.24) is 4.98 Å². The van der Waals surface area contributed by atoms with Gasteiger partial charge < -0.3 is 10.4 Å². The van der Waals surface area contributed by atoms with Gasteiger partial charge >= 0.3 is 35.5 Å². The standard InChI is InChI=1S/C25H17FN2O3.Na.H/c26-22-9-5-4-8-20(22)17-10-11-21(25(30)31)23(13-17)28-24(29)19-12-18(14-27-15-19)16-6-2-1-3-7-16;;/h1-15H,(H,28,29)(H,30,31);;. The summed E-state index contributed by atoms with van der Waals surface area (Å²) in [6.07, 6.45) is 3.05. The predicted molar refractivity (Wildman–Crippen MR) is 124 cm³/mol. The molecule has 0 unspecified atom stereocenters. The van der Waals surface area contributed by atoms with Crippen LogP contribution in [0.3, 0.4) is 0 Å². The SMILES string of the molecule is O=C(Nc1cc(-c2ccccc2F)ccc1C(=O)O)c1cncc(-c2ccccc2)c1.[NaH]. The van der Waals surface area contributed by atoms with Crippen molar-refractivity contribution >= 4 is 47.1 Å². The number of pyridine rings is 1. The average molecular weight is 436 g/mol. The Balaban J connectivity index is 0.00000289. The van der Waals surface area contributed by atoms with Crippen molar-refractivity contribution in [3.05, 3.63) is 108 Å². The molecular weight excluding hydrogens is 418 g/mol. The van der Waals surface area contributed by atoms with Crippen LogP contribution in [-0.4, -0.2) is 51.5 Å². The van der Waals surface area contributed by atoms with Gasteiger partial charge in [-0.3, -0.25) is 9.78 Å². The number of carboxylic acids is 1. The van der Waals surface area contributed by atoms with Crippen LogP contribution in [0, 0.1) is 5.82 Å². The van der Waals surface area contributed by atoms with Crippen molar-refractivity contribution in [3.63, 3.8) is 0 Å². The molecule has 3 aromatic carbocycles. The first-order valence-corrected chi connectivity index (χ1v) is 9.47. The van der Waals surface area contributed by atoms with Gasteiger partial charge in [0.2, 0.25) is 0 Å². The Bertz CT molecular complexity index is 1280. The molecule has 154 valence electrons. The Hall–Kier alpha value is -3.32. The van der Waals surface area contributed by atoms with Gasteiger partial charge in [0.15, 0.2) is 0 Å². The Morgan fingerprint density at radius 1 is 0.812 bits per heavy atom. The quantitative estimate of drug-likeness (QED) is 0.438. The topological polar surface area (TPSA) is 79.3 Å². The Morgan fingerprint density at radius 3 is 2.25 bits per heavy atom. The number of carbonyl (C=O) groups is 2. The molecule has 2 N–H and O–H groups in total. The van der Waals surface area contributed by atoms with Crippen LogP contribution >= 0.6 is 0 Å². The number of halogens is 1. The molecule has 0 aliphatic heterocycles. The van der Waals surface area contributed by atoms with E-state index < -0.39 is 17.7 Å². The van der Waals surface area contributed by atoms with Crippen LogP contribution in [0.25, 0.3) is 22.3 Å². The summed E-state index contributed by atoms with van der Waals surface area (Å²) in [4.78, 5) is 28.7. The molecule has 0 spiro atoms. The molecule has 1 heterocycles. The number of nitrogens with zero attached hydrogens (tertiary/aromatic N) is 1. The summed E-state index contributed by atoms with van der Waals surface area (Å²) in [5, 5.41) is 12.2. The number of aromatic nitrogens is 1. The zero-order chi connectivity index (χ0) is 21.8. The number of hydrogen-bond acceptors (Lipinski definition) is 3. The third-order valence-electron chi connectivity index (χ3n) is 4.79. The number of anilines is 1. The fourth-order valence-electron chi connectivity index (χ4n) is 3.24. The maximum absolute atomic E-state index is 14.2. The van der Waals surface area contributed by atoms with E-state index in [9.17, 15) is 19.1 Å². The second kappa shape index (κ2) is 10.3. The summed E-state index contributed by atoms with van der Waals surface area (Å²) in [6.45, 7) is 0. The summed E-state index contributed by atoms with van der Waals surface area (Å²) in [7, 11) is 0. The fourth-order valence-corrected chi connectivity index (χ4v) is 3.24. The number of aromatic carboxylic acids is 1. The van der Waals surface area contributed by atoms with Crippen molar-refractivity contribution in [3.8, 4) is 22.3 Å². The van der Waals surface area contributed by atoms with E-state index in [2.05, 4.69) is 10.3 Å². The van der Waals surface area contributed by atoms with Crippen molar-refractivity contribution in [1.29, 1.82) is 0 Å². The van der Waals surface area contributed by atoms with E-state index in [1.54, 1.807) is 30.5 Å². The summed E-state index contributed by atoms with van der Waals surface area (Å²) in [6, 6.07) is 21.6. The fraction of sp³-hybridized carbons (Fsp3) is 0. The number of hydrogen-bond donors (Lipinski definition) is 2. The molecule has 0 saturated carbocycles. The third kappa shape index (κ3) is 5.11. The number of amides is 1. The summed E-state index contributed by atoms with van der Waals surface area (Å²) < 4.78 is 14.2. The van der Waals surface area contributed by atoms with E-state index >= 15 is 0 Å². The molecule has 5 nitrogen and oxygen atoms in total. The normalized spacial score (nSPS) is 10.2.